The molecule has 1 aromatic carbocycles. The molecule has 0 spiro atoms. The first kappa shape index (κ1) is 18.9. The lowest BCUT2D eigenvalue weighted by atomic mass is 10.1. The highest BCUT2D eigenvalue weighted by molar-refractivity contribution is 5.72. The number of hydrogen-bond acceptors (Lipinski definition) is 7. The lowest BCUT2D eigenvalue weighted by molar-refractivity contribution is -0.156. The minimum atomic E-state index is -0.558. The first-order valence-electron chi connectivity index (χ1n) is 7.97. The summed E-state index contributed by atoms with van der Waals surface area (Å²) < 4.78 is 18.1. The summed E-state index contributed by atoms with van der Waals surface area (Å²) in [6, 6.07) is 7.45. The minimum Gasteiger partial charge on any atom is -0.459 e. The van der Waals surface area contributed by atoms with Gasteiger partial charge in [-0.05, 0) is 26.3 Å². The number of benzene rings is 1. The number of rotatable bonds is 7. The molecule has 0 saturated carbocycles. The van der Waals surface area contributed by atoms with Crippen molar-refractivity contribution in [3.8, 4) is 11.4 Å². The predicted molar refractivity (Wildman–Crippen MR) is 90.2 cm³/mol. The number of hydrogen-bond donors (Lipinski definition) is 0. The zero-order chi connectivity index (χ0) is 18.3. The van der Waals surface area contributed by atoms with E-state index >= 15 is 0 Å². The molecule has 0 N–H and O–H groups in total. The van der Waals surface area contributed by atoms with E-state index in [-0.39, 0.29) is 19.1 Å². The fraction of sp³-hybridized carbons (Fsp3) is 0.471. The van der Waals surface area contributed by atoms with Crippen LogP contribution in [0.4, 0.5) is 4.39 Å². The molecular weight excluding hydrogens is 325 g/mol. The summed E-state index contributed by atoms with van der Waals surface area (Å²) in [5, 5.41) is 15.2. The van der Waals surface area contributed by atoms with Crippen LogP contribution in [0.1, 0.15) is 26.3 Å². The number of carbonyl (C=O) groups excluding carboxylic acids is 1. The van der Waals surface area contributed by atoms with Crippen molar-refractivity contribution in [3.63, 3.8) is 0 Å². The molecule has 1 aromatic heterocycles. The Morgan fingerprint density at radius 2 is 1.80 bits per heavy atom. The van der Waals surface area contributed by atoms with E-state index in [1.807, 2.05) is 24.3 Å². The average molecular weight is 347 g/mol. The zero-order valence-corrected chi connectivity index (χ0v) is 14.6. The number of ether oxygens (including phenoxy) is 1. The number of nitrogens with zero attached hydrogens (tertiary/aromatic N) is 5. The molecule has 8 heteroatoms. The summed E-state index contributed by atoms with van der Waals surface area (Å²) in [4.78, 5) is 13.7. The van der Waals surface area contributed by atoms with Crippen LogP contribution in [-0.4, -0.2) is 56.6 Å². The highest BCUT2D eigenvalue weighted by Gasteiger charge is 2.19. The van der Waals surface area contributed by atoms with Crippen LogP contribution in [0.25, 0.3) is 11.4 Å². The van der Waals surface area contributed by atoms with Crippen LogP contribution in [-0.2, 0) is 16.1 Å². The topological polar surface area (TPSA) is 81.1 Å². The number of aromatic nitrogens is 4. The lowest BCUT2D eigenvalue weighted by Crippen LogP contribution is -2.35. The van der Waals surface area contributed by atoms with Gasteiger partial charge in [0.2, 0.25) is 5.82 Å². The summed E-state index contributed by atoms with van der Waals surface area (Å²) in [7, 11) is 0. The molecule has 1 heterocycles. The van der Waals surface area contributed by atoms with E-state index in [1.54, 1.807) is 25.7 Å². The molecule has 0 aliphatic carbocycles. The quantitative estimate of drug-likeness (QED) is 0.709. The fourth-order valence-corrected chi connectivity index (χ4v) is 2.23. The van der Waals surface area contributed by atoms with Crippen LogP contribution >= 0.6 is 0 Å². The summed E-state index contributed by atoms with van der Waals surface area (Å²) in [5.41, 5.74) is 1.17. The van der Waals surface area contributed by atoms with Gasteiger partial charge in [-0.1, -0.05) is 24.3 Å². The van der Waals surface area contributed by atoms with Crippen LogP contribution in [0.2, 0.25) is 0 Å². The first-order valence-corrected chi connectivity index (χ1v) is 7.97. The predicted octanol–water partition coefficient (Wildman–Crippen LogP) is 2.05. The van der Waals surface area contributed by atoms with Gasteiger partial charge >= 0.3 is 5.97 Å². The molecule has 0 unspecified atom stereocenters. The molecular formula is C17H22FN5O2. The van der Waals surface area contributed by atoms with Crippen LogP contribution in [0, 0.1) is 0 Å². The van der Waals surface area contributed by atoms with Gasteiger partial charge in [0.1, 0.15) is 12.3 Å². The van der Waals surface area contributed by atoms with Crippen molar-refractivity contribution in [1.29, 1.82) is 0 Å². The van der Waals surface area contributed by atoms with Crippen LogP contribution in [0.15, 0.2) is 30.6 Å². The van der Waals surface area contributed by atoms with E-state index in [9.17, 15) is 9.18 Å². The summed E-state index contributed by atoms with van der Waals surface area (Å²) in [6.45, 7) is 5.52. The molecule has 0 saturated heterocycles. The normalized spacial score (nSPS) is 11.6. The van der Waals surface area contributed by atoms with Gasteiger partial charge in [0, 0.05) is 18.7 Å². The molecule has 0 aliphatic heterocycles. The molecule has 2 rings (SSSR count). The minimum absolute atomic E-state index is 0.0403. The van der Waals surface area contributed by atoms with Crippen LogP contribution < -0.4 is 0 Å². The second kappa shape index (κ2) is 8.57. The maximum absolute atomic E-state index is 12.8. The Hall–Kier alpha value is -2.48. The van der Waals surface area contributed by atoms with E-state index < -0.39 is 12.3 Å². The second-order valence-corrected chi connectivity index (χ2v) is 6.55. The highest BCUT2D eigenvalue weighted by Crippen LogP contribution is 2.15. The number of carbonyl (C=O) groups is 1. The van der Waals surface area contributed by atoms with E-state index in [2.05, 4.69) is 20.4 Å². The van der Waals surface area contributed by atoms with Crippen molar-refractivity contribution in [2.45, 2.75) is 32.9 Å². The molecule has 0 fully saturated rings. The Labute approximate surface area is 146 Å². The monoisotopic (exact) mass is 347 g/mol. The van der Waals surface area contributed by atoms with Gasteiger partial charge in [0.05, 0.1) is 6.54 Å². The van der Waals surface area contributed by atoms with E-state index in [1.165, 1.54) is 6.33 Å². The average Bonchev–Trinajstić information content (AvgIpc) is 2.55. The first-order chi connectivity index (χ1) is 11.9. The van der Waals surface area contributed by atoms with Gasteiger partial charge in [0.15, 0.2) is 6.33 Å². The van der Waals surface area contributed by atoms with E-state index in [0.29, 0.717) is 12.4 Å². The third-order valence-electron chi connectivity index (χ3n) is 3.20. The third kappa shape index (κ3) is 6.50. The molecule has 0 aliphatic rings. The Kier molecular flexibility index (Phi) is 6.46. The molecule has 0 radical (unpaired) electrons. The standard InChI is InChI=1S/C17H22FN5O2/c1-17(2,3)25-15(24)11-23(9-8-18)10-13-4-6-14(7-5-13)16-21-19-12-20-22-16/h4-7,12H,8-11H2,1-3H3. The van der Waals surface area contributed by atoms with Crippen molar-refractivity contribution >= 4 is 5.97 Å². The molecule has 7 nitrogen and oxygen atoms in total. The largest absolute Gasteiger partial charge is 0.459 e. The maximum Gasteiger partial charge on any atom is 0.320 e. The summed E-state index contributed by atoms with van der Waals surface area (Å²) in [6.07, 6.45) is 1.27. The van der Waals surface area contributed by atoms with Crippen molar-refractivity contribution in [3.05, 3.63) is 36.2 Å². The molecule has 0 bridgehead atoms. The SMILES string of the molecule is CC(C)(C)OC(=O)CN(CCF)Cc1ccc(-c2nncnn2)cc1. The van der Waals surface area contributed by atoms with Gasteiger partial charge in [-0.15, -0.1) is 20.4 Å². The Bertz CT molecular complexity index is 674. The molecule has 25 heavy (non-hydrogen) atoms. The van der Waals surface area contributed by atoms with Crippen LogP contribution in [0.5, 0.6) is 0 Å². The fourth-order valence-electron chi connectivity index (χ4n) is 2.23. The molecule has 0 atom stereocenters. The van der Waals surface area contributed by atoms with E-state index in [0.717, 1.165) is 11.1 Å². The molecule has 0 amide bonds. The molecule has 134 valence electrons. The third-order valence-corrected chi connectivity index (χ3v) is 3.20. The summed E-state index contributed by atoms with van der Waals surface area (Å²) >= 11 is 0. The molecule has 2 aromatic rings. The Balaban J connectivity index is 2.00. The van der Waals surface area contributed by atoms with Crippen LogP contribution in [0.3, 0.4) is 0 Å². The lowest BCUT2D eigenvalue weighted by Gasteiger charge is -2.24. The Morgan fingerprint density at radius 1 is 1.16 bits per heavy atom. The Morgan fingerprint density at radius 3 is 2.36 bits per heavy atom. The van der Waals surface area contributed by atoms with Crippen molar-refractivity contribution in [1.82, 2.24) is 25.3 Å². The summed E-state index contributed by atoms with van der Waals surface area (Å²) in [5.74, 6) is 0.0656. The zero-order valence-electron chi connectivity index (χ0n) is 14.6. The van der Waals surface area contributed by atoms with Gasteiger partial charge in [-0.3, -0.25) is 9.69 Å². The van der Waals surface area contributed by atoms with Crippen molar-refractivity contribution in [2.24, 2.45) is 0 Å². The number of esters is 1. The number of halogens is 1. The van der Waals surface area contributed by atoms with Gasteiger partial charge in [-0.2, -0.15) is 0 Å². The second-order valence-electron chi connectivity index (χ2n) is 6.55. The van der Waals surface area contributed by atoms with Gasteiger partial charge in [-0.25, -0.2) is 4.39 Å². The number of alkyl halides is 1. The highest BCUT2D eigenvalue weighted by atomic mass is 19.1. The van der Waals surface area contributed by atoms with Crippen molar-refractivity contribution in [2.75, 3.05) is 19.8 Å². The maximum atomic E-state index is 12.8. The van der Waals surface area contributed by atoms with Gasteiger partial charge in [0.25, 0.3) is 0 Å². The van der Waals surface area contributed by atoms with Crippen molar-refractivity contribution < 1.29 is 13.9 Å². The smallest absolute Gasteiger partial charge is 0.320 e. The van der Waals surface area contributed by atoms with Gasteiger partial charge < -0.3 is 4.74 Å². The van der Waals surface area contributed by atoms with E-state index in [4.69, 9.17) is 4.74 Å².